The number of unbranched alkanes of at least 4 members (excludes halogenated alkanes) is 10. The Hall–Kier alpha value is -0.340. The number of alkyl halides is 2. The molecule has 0 fully saturated rings. The van der Waals surface area contributed by atoms with E-state index in [0.717, 1.165) is 69.3 Å². The van der Waals surface area contributed by atoms with Crippen LogP contribution in [0.1, 0.15) is 90.9 Å². The molecule has 0 aliphatic carbocycles. The Balaban J connectivity index is 4.31. The van der Waals surface area contributed by atoms with Gasteiger partial charge < -0.3 is 0 Å². The van der Waals surface area contributed by atoms with Crippen LogP contribution < -0.4 is 0 Å². The molecule has 0 aliphatic rings. The van der Waals surface area contributed by atoms with E-state index in [0.29, 0.717) is 12.8 Å². The molecule has 0 heterocycles. The highest BCUT2D eigenvalue weighted by Gasteiger charge is 2.50. The Kier molecular flexibility index (Phi) is 13.6. The van der Waals surface area contributed by atoms with E-state index in [2.05, 4.69) is 18.7 Å². The van der Waals surface area contributed by atoms with Gasteiger partial charge in [-0.25, -0.2) is 4.84 Å². The molecule has 0 amide bonds. The molecule has 0 aromatic heterocycles. The van der Waals surface area contributed by atoms with Crippen molar-refractivity contribution in [1.29, 1.82) is 0 Å². The summed E-state index contributed by atoms with van der Waals surface area (Å²) in [6.45, 7) is 4.56. The summed E-state index contributed by atoms with van der Waals surface area (Å²) in [4.78, 5) is 4.19. The van der Waals surface area contributed by atoms with Crippen LogP contribution in [0.4, 0.5) is 12.7 Å². The Labute approximate surface area is 151 Å². The van der Waals surface area contributed by atoms with E-state index in [1.54, 1.807) is 0 Å². The zero-order chi connectivity index (χ0) is 19.2. The van der Waals surface area contributed by atoms with Gasteiger partial charge in [-0.3, -0.25) is 0 Å². The molecule has 4 nitrogen and oxygen atoms in total. The van der Waals surface area contributed by atoms with E-state index in [1.165, 1.54) is 0 Å². The van der Waals surface area contributed by atoms with Crippen molar-refractivity contribution in [2.75, 3.05) is 13.1 Å². The third-order valence-corrected chi connectivity index (χ3v) is 4.68. The lowest BCUT2D eigenvalue weighted by Gasteiger charge is -2.24. The van der Waals surface area contributed by atoms with E-state index in [-0.39, 0.29) is 13.1 Å². The molecule has 8 heteroatoms. The van der Waals surface area contributed by atoms with Crippen molar-refractivity contribution in [3.8, 4) is 0 Å². The summed E-state index contributed by atoms with van der Waals surface area (Å²) in [6.07, 6.45) is 11.6. The zero-order valence-electron chi connectivity index (χ0n) is 15.6. The van der Waals surface area contributed by atoms with E-state index in [9.17, 15) is 21.1 Å². The van der Waals surface area contributed by atoms with Gasteiger partial charge in [0.15, 0.2) is 0 Å². The van der Waals surface area contributed by atoms with E-state index in [1.807, 2.05) is 0 Å². The minimum atomic E-state index is -6.08. The highest BCUT2D eigenvalue weighted by Crippen LogP contribution is 2.26. The van der Waals surface area contributed by atoms with E-state index < -0.39 is 15.7 Å². The average molecular weight is 390 g/mol. The SMILES string of the molecule is CCCCCCCCN(CCCCCCCC)OC(F)(F)S(=O)(=O)F. The topological polar surface area (TPSA) is 46.6 Å². The summed E-state index contributed by atoms with van der Waals surface area (Å²) in [5.74, 6) is 0. The van der Waals surface area contributed by atoms with Gasteiger partial charge in [-0.15, -0.1) is 0 Å². The molecule has 0 saturated carbocycles. The molecule has 0 saturated heterocycles. The first kappa shape index (κ1) is 24.7. The second kappa shape index (κ2) is 13.8. The second-order valence-electron chi connectivity index (χ2n) is 6.46. The summed E-state index contributed by atoms with van der Waals surface area (Å²) in [6, 6.07) is 0. The first-order valence-corrected chi connectivity index (χ1v) is 10.9. The Morgan fingerprint density at radius 1 is 0.760 bits per heavy atom. The number of rotatable bonds is 17. The van der Waals surface area contributed by atoms with Crippen molar-refractivity contribution in [3.63, 3.8) is 0 Å². The molecule has 0 bridgehead atoms. The Morgan fingerprint density at radius 3 is 1.48 bits per heavy atom. The first-order valence-electron chi connectivity index (χ1n) is 9.50. The molecule has 0 unspecified atom stereocenters. The molecule has 0 radical (unpaired) electrons. The number of hydrogen-bond acceptors (Lipinski definition) is 4. The van der Waals surface area contributed by atoms with Gasteiger partial charge in [0.2, 0.25) is 0 Å². The van der Waals surface area contributed by atoms with Gasteiger partial charge >= 0.3 is 15.7 Å². The van der Waals surface area contributed by atoms with Crippen LogP contribution in [0.15, 0.2) is 0 Å². The molecule has 0 aliphatic heterocycles. The van der Waals surface area contributed by atoms with Gasteiger partial charge in [-0.2, -0.15) is 22.3 Å². The average Bonchev–Trinajstić information content (AvgIpc) is 2.52. The van der Waals surface area contributed by atoms with Crippen molar-refractivity contribution < 1.29 is 25.9 Å². The molecule has 152 valence electrons. The number of hydroxylamine groups is 2. The van der Waals surface area contributed by atoms with Crippen molar-refractivity contribution in [2.45, 2.75) is 96.3 Å². The van der Waals surface area contributed by atoms with E-state index in [4.69, 9.17) is 0 Å². The van der Waals surface area contributed by atoms with Gasteiger partial charge in [-0.1, -0.05) is 81.9 Å². The number of hydrogen-bond donors (Lipinski definition) is 0. The number of nitrogens with zero attached hydrogens (tertiary/aromatic N) is 1. The van der Waals surface area contributed by atoms with Gasteiger partial charge in [0.05, 0.1) is 0 Å². The van der Waals surface area contributed by atoms with Crippen molar-refractivity contribution >= 4 is 10.2 Å². The van der Waals surface area contributed by atoms with Crippen LogP contribution in [0.2, 0.25) is 0 Å². The standard InChI is InChI=1S/C17H34F3NO3S/c1-3-5-7-9-11-13-15-21(16-14-12-10-8-6-4-2)24-17(18,19)25(20,22)23/h3-16H2,1-2H3. The zero-order valence-corrected chi connectivity index (χ0v) is 16.4. The molecule has 25 heavy (non-hydrogen) atoms. The maximum absolute atomic E-state index is 13.3. The van der Waals surface area contributed by atoms with Crippen molar-refractivity contribution in [2.24, 2.45) is 0 Å². The molecular weight excluding hydrogens is 355 g/mol. The largest absolute Gasteiger partial charge is 0.508 e. The lowest BCUT2D eigenvalue weighted by molar-refractivity contribution is -0.311. The quantitative estimate of drug-likeness (QED) is 0.179. The normalized spacial score (nSPS) is 12.9. The fraction of sp³-hybridized carbons (Fsp3) is 1.00. The van der Waals surface area contributed by atoms with E-state index >= 15 is 0 Å². The highest BCUT2D eigenvalue weighted by molar-refractivity contribution is 7.87. The summed E-state index contributed by atoms with van der Waals surface area (Å²) >= 11 is 0. The van der Waals surface area contributed by atoms with Gasteiger partial charge in [-0.05, 0) is 12.8 Å². The minimum absolute atomic E-state index is 0.173. The Bertz CT molecular complexity index is 403. The maximum Gasteiger partial charge on any atom is 0.508 e. The molecular formula is C17H34F3NO3S. The lowest BCUT2D eigenvalue weighted by atomic mass is 10.1. The van der Waals surface area contributed by atoms with Gasteiger partial charge in [0.1, 0.15) is 0 Å². The van der Waals surface area contributed by atoms with Crippen molar-refractivity contribution in [3.05, 3.63) is 0 Å². The third-order valence-electron chi connectivity index (χ3n) is 4.04. The predicted molar refractivity (Wildman–Crippen MR) is 94.4 cm³/mol. The summed E-state index contributed by atoms with van der Waals surface area (Å²) < 4.78 is 60.3. The van der Waals surface area contributed by atoms with Gasteiger partial charge in [0, 0.05) is 13.1 Å². The molecule has 0 aromatic carbocycles. The molecule has 0 atom stereocenters. The third kappa shape index (κ3) is 12.6. The minimum Gasteiger partial charge on any atom is -0.214 e. The van der Waals surface area contributed by atoms with Crippen molar-refractivity contribution in [1.82, 2.24) is 5.06 Å². The van der Waals surface area contributed by atoms with Gasteiger partial charge in [0.25, 0.3) is 0 Å². The first-order chi connectivity index (χ1) is 11.7. The molecule has 0 aromatic rings. The smallest absolute Gasteiger partial charge is 0.214 e. The van der Waals surface area contributed by atoms with Crippen LogP contribution in [0.3, 0.4) is 0 Å². The highest BCUT2D eigenvalue weighted by atomic mass is 32.3. The molecule has 0 rings (SSSR count). The number of halogens is 3. The van der Waals surface area contributed by atoms with Crippen LogP contribution in [0, 0.1) is 0 Å². The van der Waals surface area contributed by atoms with Crippen LogP contribution in [-0.2, 0) is 15.1 Å². The van der Waals surface area contributed by atoms with Crippen LogP contribution in [0.25, 0.3) is 0 Å². The molecule has 0 spiro atoms. The summed E-state index contributed by atoms with van der Waals surface area (Å²) in [5.41, 5.74) is -4.82. The van der Waals surface area contributed by atoms with Crippen LogP contribution in [-0.4, -0.2) is 32.0 Å². The summed E-state index contributed by atoms with van der Waals surface area (Å²) in [7, 11) is -6.08. The maximum atomic E-state index is 13.3. The Morgan fingerprint density at radius 2 is 1.12 bits per heavy atom. The van der Waals surface area contributed by atoms with Crippen LogP contribution >= 0.6 is 0 Å². The second-order valence-corrected chi connectivity index (χ2v) is 7.81. The predicted octanol–water partition coefficient (Wildman–Crippen LogP) is 5.79. The lowest BCUT2D eigenvalue weighted by Crippen LogP contribution is -2.39. The fourth-order valence-corrected chi connectivity index (χ4v) is 2.73. The molecule has 0 N–H and O–H groups in total. The van der Waals surface area contributed by atoms with Crippen LogP contribution in [0.5, 0.6) is 0 Å². The fourth-order valence-electron chi connectivity index (χ4n) is 2.53. The monoisotopic (exact) mass is 389 g/mol. The summed E-state index contributed by atoms with van der Waals surface area (Å²) in [5, 5.41) is 0.913.